The molecule has 0 bridgehead atoms. The quantitative estimate of drug-likeness (QED) is 0.788. The van der Waals surface area contributed by atoms with Crippen molar-refractivity contribution >= 4 is 10.2 Å². The predicted molar refractivity (Wildman–Crippen MR) is 72.0 cm³/mol. The Morgan fingerprint density at radius 3 is 2.56 bits per heavy atom. The van der Waals surface area contributed by atoms with Gasteiger partial charge in [-0.05, 0) is 31.0 Å². The Morgan fingerprint density at radius 2 is 1.94 bits per heavy atom. The van der Waals surface area contributed by atoms with Gasteiger partial charge < -0.3 is 4.74 Å². The Morgan fingerprint density at radius 1 is 1.28 bits per heavy atom. The van der Waals surface area contributed by atoms with Crippen LogP contribution in [0.15, 0.2) is 18.2 Å². The molecule has 0 saturated carbocycles. The second kappa shape index (κ2) is 6.17. The third-order valence-electron chi connectivity index (χ3n) is 2.47. The summed E-state index contributed by atoms with van der Waals surface area (Å²) in [6.45, 7) is 4.49. The summed E-state index contributed by atoms with van der Waals surface area (Å²) in [7, 11) is -0.407. The second-order valence-electron chi connectivity index (χ2n) is 4.30. The van der Waals surface area contributed by atoms with E-state index >= 15 is 0 Å². The molecular formula is C12H20N2O3S. The number of rotatable bonds is 6. The summed E-state index contributed by atoms with van der Waals surface area (Å²) < 4.78 is 32.0. The highest BCUT2D eigenvalue weighted by Crippen LogP contribution is 2.18. The topological polar surface area (TPSA) is 58.6 Å². The molecule has 1 aromatic carbocycles. The fourth-order valence-corrected chi connectivity index (χ4v) is 1.92. The molecule has 0 amide bonds. The first kappa shape index (κ1) is 14.9. The maximum absolute atomic E-state index is 11.4. The van der Waals surface area contributed by atoms with Gasteiger partial charge in [0.1, 0.15) is 12.4 Å². The fourth-order valence-electron chi connectivity index (χ4n) is 1.32. The van der Waals surface area contributed by atoms with Crippen molar-refractivity contribution < 1.29 is 13.2 Å². The van der Waals surface area contributed by atoms with E-state index in [1.54, 1.807) is 0 Å². The number of nitrogens with zero attached hydrogens (tertiary/aromatic N) is 1. The van der Waals surface area contributed by atoms with Gasteiger partial charge in [-0.1, -0.05) is 12.1 Å². The van der Waals surface area contributed by atoms with Gasteiger partial charge in [0.2, 0.25) is 0 Å². The van der Waals surface area contributed by atoms with Gasteiger partial charge in [0.05, 0.1) is 0 Å². The van der Waals surface area contributed by atoms with Gasteiger partial charge in [0, 0.05) is 20.6 Å². The van der Waals surface area contributed by atoms with Gasteiger partial charge in [-0.2, -0.15) is 17.4 Å². The second-order valence-corrected chi connectivity index (χ2v) is 6.27. The van der Waals surface area contributed by atoms with Crippen LogP contribution in [-0.2, 0) is 10.2 Å². The van der Waals surface area contributed by atoms with Gasteiger partial charge in [-0.15, -0.1) is 0 Å². The van der Waals surface area contributed by atoms with Crippen LogP contribution >= 0.6 is 0 Å². The van der Waals surface area contributed by atoms with Crippen LogP contribution in [0.1, 0.15) is 11.1 Å². The lowest BCUT2D eigenvalue weighted by Gasteiger charge is -2.13. The maximum atomic E-state index is 11.4. The maximum Gasteiger partial charge on any atom is 0.279 e. The Balaban J connectivity index is 2.46. The summed E-state index contributed by atoms with van der Waals surface area (Å²) in [6.07, 6.45) is 0. The molecule has 0 atom stereocenters. The van der Waals surface area contributed by atoms with Crippen molar-refractivity contribution in [3.05, 3.63) is 29.3 Å². The first-order valence-electron chi connectivity index (χ1n) is 5.70. The molecular weight excluding hydrogens is 252 g/mol. The van der Waals surface area contributed by atoms with Crippen molar-refractivity contribution in [2.45, 2.75) is 13.8 Å². The molecule has 6 heteroatoms. The molecule has 0 aromatic heterocycles. The van der Waals surface area contributed by atoms with E-state index in [2.05, 4.69) is 4.72 Å². The molecule has 0 aliphatic rings. The highest BCUT2D eigenvalue weighted by atomic mass is 32.2. The van der Waals surface area contributed by atoms with Crippen LogP contribution in [0.5, 0.6) is 5.75 Å². The largest absolute Gasteiger partial charge is 0.492 e. The van der Waals surface area contributed by atoms with E-state index in [0.29, 0.717) is 6.61 Å². The zero-order valence-corrected chi connectivity index (χ0v) is 12.0. The predicted octanol–water partition coefficient (Wildman–Crippen LogP) is 1.08. The average Bonchev–Trinajstić information content (AvgIpc) is 2.28. The Labute approximate surface area is 109 Å². The zero-order chi connectivity index (χ0) is 13.8. The van der Waals surface area contributed by atoms with Crippen molar-refractivity contribution in [2.24, 2.45) is 0 Å². The Kier molecular flexibility index (Phi) is 5.13. The first-order chi connectivity index (χ1) is 8.33. The monoisotopic (exact) mass is 272 g/mol. The molecule has 0 spiro atoms. The number of aryl methyl sites for hydroxylation is 2. The standard InChI is InChI=1S/C12H20N2O3S/c1-10-5-6-11(2)12(9-10)17-8-7-13-18(15,16)14(3)4/h5-6,9,13H,7-8H2,1-4H3. The summed E-state index contributed by atoms with van der Waals surface area (Å²) in [5, 5.41) is 0. The molecule has 1 rings (SSSR count). The van der Waals surface area contributed by atoms with Gasteiger partial charge in [0.25, 0.3) is 10.2 Å². The van der Waals surface area contributed by atoms with E-state index < -0.39 is 10.2 Å². The summed E-state index contributed by atoms with van der Waals surface area (Å²) in [5.41, 5.74) is 2.15. The smallest absolute Gasteiger partial charge is 0.279 e. The molecule has 18 heavy (non-hydrogen) atoms. The number of nitrogens with one attached hydrogen (secondary N) is 1. The summed E-state index contributed by atoms with van der Waals surface area (Å²) in [5.74, 6) is 0.791. The van der Waals surface area contributed by atoms with Gasteiger partial charge in [-0.3, -0.25) is 0 Å². The van der Waals surface area contributed by atoms with Crippen LogP contribution in [-0.4, -0.2) is 40.0 Å². The minimum atomic E-state index is -3.37. The average molecular weight is 272 g/mol. The molecule has 1 N–H and O–H groups in total. The summed E-state index contributed by atoms with van der Waals surface area (Å²) in [4.78, 5) is 0. The summed E-state index contributed by atoms with van der Waals surface area (Å²) >= 11 is 0. The van der Waals surface area contributed by atoms with Crippen LogP contribution in [0.2, 0.25) is 0 Å². The zero-order valence-electron chi connectivity index (χ0n) is 11.2. The van der Waals surface area contributed by atoms with Gasteiger partial charge in [-0.25, -0.2) is 0 Å². The molecule has 0 unspecified atom stereocenters. The Bertz CT molecular complexity index is 498. The number of hydrogen-bond donors (Lipinski definition) is 1. The van der Waals surface area contributed by atoms with Crippen molar-refractivity contribution in [2.75, 3.05) is 27.2 Å². The normalized spacial score (nSPS) is 11.8. The summed E-state index contributed by atoms with van der Waals surface area (Å²) in [6, 6.07) is 5.93. The number of ether oxygens (including phenoxy) is 1. The minimum Gasteiger partial charge on any atom is -0.492 e. The number of hydrogen-bond acceptors (Lipinski definition) is 3. The number of benzene rings is 1. The highest BCUT2D eigenvalue weighted by molar-refractivity contribution is 7.87. The van der Waals surface area contributed by atoms with Crippen LogP contribution in [0.4, 0.5) is 0 Å². The van der Waals surface area contributed by atoms with Crippen LogP contribution in [0.25, 0.3) is 0 Å². The third kappa shape index (κ3) is 4.29. The van der Waals surface area contributed by atoms with Gasteiger partial charge >= 0.3 is 0 Å². The van der Waals surface area contributed by atoms with Crippen molar-refractivity contribution in [1.82, 2.24) is 9.03 Å². The molecule has 0 radical (unpaired) electrons. The van der Waals surface area contributed by atoms with E-state index in [1.807, 2.05) is 32.0 Å². The van der Waals surface area contributed by atoms with Crippen molar-refractivity contribution in [1.29, 1.82) is 0 Å². The fraction of sp³-hybridized carbons (Fsp3) is 0.500. The van der Waals surface area contributed by atoms with E-state index in [-0.39, 0.29) is 6.54 Å². The lowest BCUT2D eigenvalue weighted by molar-refractivity contribution is 0.319. The van der Waals surface area contributed by atoms with E-state index in [4.69, 9.17) is 4.74 Å². The van der Waals surface area contributed by atoms with Crippen LogP contribution in [0, 0.1) is 13.8 Å². The third-order valence-corrected chi connectivity index (χ3v) is 4.00. The minimum absolute atomic E-state index is 0.244. The molecule has 0 fully saturated rings. The van der Waals surface area contributed by atoms with Crippen molar-refractivity contribution in [3.63, 3.8) is 0 Å². The SMILES string of the molecule is Cc1ccc(C)c(OCCNS(=O)(=O)N(C)C)c1. The molecule has 0 heterocycles. The highest BCUT2D eigenvalue weighted by Gasteiger charge is 2.11. The van der Waals surface area contributed by atoms with E-state index in [1.165, 1.54) is 14.1 Å². The van der Waals surface area contributed by atoms with Crippen LogP contribution in [0.3, 0.4) is 0 Å². The lowest BCUT2D eigenvalue weighted by Crippen LogP contribution is -2.37. The molecule has 1 aromatic rings. The van der Waals surface area contributed by atoms with Gasteiger partial charge in [0.15, 0.2) is 0 Å². The molecule has 0 aliphatic heterocycles. The molecule has 0 aliphatic carbocycles. The molecule has 102 valence electrons. The van der Waals surface area contributed by atoms with E-state index in [9.17, 15) is 8.42 Å². The molecule has 0 saturated heterocycles. The Hall–Kier alpha value is -1.11. The van der Waals surface area contributed by atoms with Crippen LogP contribution < -0.4 is 9.46 Å². The lowest BCUT2D eigenvalue weighted by atomic mass is 10.1. The van der Waals surface area contributed by atoms with Crippen molar-refractivity contribution in [3.8, 4) is 5.75 Å². The van der Waals surface area contributed by atoms with E-state index in [0.717, 1.165) is 21.2 Å². The molecule has 5 nitrogen and oxygen atoms in total. The first-order valence-corrected chi connectivity index (χ1v) is 7.14.